The highest BCUT2D eigenvalue weighted by molar-refractivity contribution is 14.1. The van der Waals surface area contributed by atoms with Crippen LogP contribution in [0.5, 0.6) is 5.75 Å². The fraction of sp³-hybridized carbons (Fsp3) is 0.0690. The third-order valence-electron chi connectivity index (χ3n) is 5.53. The molecule has 4 rings (SSSR count). The van der Waals surface area contributed by atoms with Gasteiger partial charge in [0, 0.05) is 3.57 Å². The van der Waals surface area contributed by atoms with Gasteiger partial charge in [-0.1, -0.05) is 41.9 Å². The van der Waals surface area contributed by atoms with Gasteiger partial charge in [0.15, 0.2) is 6.61 Å². The highest BCUT2D eigenvalue weighted by atomic mass is 127. The lowest BCUT2D eigenvalue weighted by atomic mass is 10.2. The van der Waals surface area contributed by atoms with E-state index in [1.54, 1.807) is 91.0 Å². The van der Waals surface area contributed by atoms with Gasteiger partial charge in [0.25, 0.3) is 21.8 Å². The van der Waals surface area contributed by atoms with Gasteiger partial charge in [-0.2, -0.15) is 5.10 Å². The largest absolute Gasteiger partial charge is 0.484 e. The van der Waals surface area contributed by atoms with E-state index < -0.39 is 22.5 Å². The third-order valence-corrected chi connectivity index (χ3v) is 8.37. The van der Waals surface area contributed by atoms with Crippen LogP contribution in [0.1, 0.15) is 5.56 Å². The monoisotopic (exact) mass is 702 g/mol. The SMILES string of the molecule is O=C(CN(c1ccc(I)cc1)S(=O)(=O)c1ccccc1)N/N=C\c1ccc(OCC(=O)Nc2ccccc2Cl)cc1. The molecule has 0 saturated carbocycles. The molecule has 41 heavy (non-hydrogen) atoms. The van der Waals surface area contributed by atoms with Crippen LogP contribution in [0.4, 0.5) is 11.4 Å². The predicted octanol–water partition coefficient (Wildman–Crippen LogP) is 5.31. The molecule has 0 heterocycles. The molecular formula is C29H24ClIN4O5S. The number of amides is 2. The van der Waals surface area contributed by atoms with E-state index >= 15 is 0 Å². The van der Waals surface area contributed by atoms with Crippen molar-refractivity contribution in [3.63, 3.8) is 0 Å². The minimum Gasteiger partial charge on any atom is -0.484 e. The summed E-state index contributed by atoms with van der Waals surface area (Å²) in [4.78, 5) is 24.9. The first-order chi connectivity index (χ1) is 19.7. The normalized spacial score (nSPS) is 11.2. The second-order valence-electron chi connectivity index (χ2n) is 8.48. The average Bonchev–Trinajstić information content (AvgIpc) is 2.98. The number of carbonyl (C=O) groups excluding carboxylic acids is 2. The summed E-state index contributed by atoms with van der Waals surface area (Å²) in [6, 6.07) is 28.3. The summed E-state index contributed by atoms with van der Waals surface area (Å²) in [6.07, 6.45) is 1.41. The lowest BCUT2D eigenvalue weighted by Gasteiger charge is -2.23. The van der Waals surface area contributed by atoms with Crippen LogP contribution in [0.2, 0.25) is 5.02 Å². The van der Waals surface area contributed by atoms with Crippen LogP contribution >= 0.6 is 34.2 Å². The van der Waals surface area contributed by atoms with Crippen LogP contribution in [0.15, 0.2) is 113 Å². The summed E-state index contributed by atoms with van der Waals surface area (Å²) < 4.78 is 34.2. The zero-order valence-corrected chi connectivity index (χ0v) is 25.1. The van der Waals surface area contributed by atoms with Crippen LogP contribution in [0.3, 0.4) is 0 Å². The number of nitrogens with zero attached hydrogens (tertiary/aromatic N) is 2. The molecule has 0 bridgehead atoms. The summed E-state index contributed by atoms with van der Waals surface area (Å²) in [6.45, 7) is -0.685. The number of para-hydroxylation sites is 1. The number of carbonyl (C=O) groups is 2. The Kier molecular flexibility index (Phi) is 10.3. The van der Waals surface area contributed by atoms with Crippen LogP contribution in [-0.4, -0.2) is 39.6 Å². The highest BCUT2D eigenvalue weighted by Gasteiger charge is 2.27. The van der Waals surface area contributed by atoms with Crippen molar-refractivity contribution >= 4 is 73.6 Å². The Morgan fingerprint density at radius 1 is 0.878 bits per heavy atom. The number of hydrazone groups is 1. The fourth-order valence-corrected chi connectivity index (χ4v) is 5.52. The van der Waals surface area contributed by atoms with E-state index in [0.29, 0.717) is 27.7 Å². The minimum absolute atomic E-state index is 0.0681. The van der Waals surface area contributed by atoms with Gasteiger partial charge in [-0.05, 0) is 101 Å². The van der Waals surface area contributed by atoms with Gasteiger partial charge in [0.2, 0.25) is 0 Å². The molecule has 12 heteroatoms. The number of rotatable bonds is 11. The Balaban J connectivity index is 1.34. The molecule has 0 saturated heterocycles. The van der Waals surface area contributed by atoms with E-state index in [-0.39, 0.29) is 17.4 Å². The van der Waals surface area contributed by atoms with Crippen molar-refractivity contribution in [2.75, 3.05) is 22.8 Å². The average molecular weight is 703 g/mol. The van der Waals surface area contributed by atoms with E-state index in [0.717, 1.165) is 7.88 Å². The third kappa shape index (κ3) is 8.52. The molecule has 2 N–H and O–H groups in total. The quantitative estimate of drug-likeness (QED) is 0.125. The summed E-state index contributed by atoms with van der Waals surface area (Å²) >= 11 is 8.16. The molecule has 9 nitrogen and oxygen atoms in total. The summed E-state index contributed by atoms with van der Waals surface area (Å²) in [7, 11) is -4.01. The second kappa shape index (κ2) is 14.1. The van der Waals surface area contributed by atoms with Crippen molar-refractivity contribution in [3.8, 4) is 5.75 Å². The molecule has 0 fully saturated rings. The van der Waals surface area contributed by atoms with Gasteiger partial charge in [-0.15, -0.1) is 0 Å². The molecule has 0 aliphatic rings. The molecule has 4 aromatic carbocycles. The molecule has 0 aromatic heterocycles. The molecule has 210 valence electrons. The summed E-state index contributed by atoms with van der Waals surface area (Å²) in [5.41, 5.74) is 3.87. The molecular weight excluding hydrogens is 679 g/mol. The van der Waals surface area contributed by atoms with Gasteiger partial charge in [-0.25, -0.2) is 13.8 Å². The number of nitrogens with one attached hydrogen (secondary N) is 2. The maximum atomic E-state index is 13.3. The van der Waals surface area contributed by atoms with Crippen LogP contribution in [-0.2, 0) is 19.6 Å². The number of ether oxygens (including phenoxy) is 1. The zero-order valence-electron chi connectivity index (χ0n) is 21.4. The Bertz CT molecular complexity index is 1630. The van der Waals surface area contributed by atoms with Crippen molar-refractivity contribution in [2.45, 2.75) is 4.90 Å². The van der Waals surface area contributed by atoms with Gasteiger partial charge in [-0.3, -0.25) is 13.9 Å². The number of benzene rings is 4. The van der Waals surface area contributed by atoms with Crippen LogP contribution in [0.25, 0.3) is 0 Å². The number of halogens is 2. The van der Waals surface area contributed by atoms with Crippen molar-refractivity contribution < 1.29 is 22.7 Å². The van der Waals surface area contributed by atoms with Crippen LogP contribution in [0, 0.1) is 3.57 Å². The number of anilines is 2. The van der Waals surface area contributed by atoms with Crippen molar-refractivity contribution in [2.24, 2.45) is 5.10 Å². The molecule has 0 atom stereocenters. The first kappa shape index (κ1) is 30.0. The van der Waals surface area contributed by atoms with E-state index in [1.165, 1.54) is 18.3 Å². The van der Waals surface area contributed by atoms with Crippen molar-refractivity contribution in [1.82, 2.24) is 5.43 Å². The van der Waals surface area contributed by atoms with Crippen LogP contribution < -0.4 is 19.8 Å². The maximum absolute atomic E-state index is 13.3. The lowest BCUT2D eigenvalue weighted by Crippen LogP contribution is -2.39. The predicted molar refractivity (Wildman–Crippen MR) is 168 cm³/mol. The summed E-state index contributed by atoms with van der Waals surface area (Å²) in [5, 5.41) is 7.06. The molecule has 4 aromatic rings. The highest BCUT2D eigenvalue weighted by Crippen LogP contribution is 2.24. The standard InChI is InChI=1S/C29H24ClIN4O5S/c30-26-8-4-5-9-27(26)33-29(37)20-40-24-16-10-21(11-17-24)18-32-34-28(36)19-35(23-14-12-22(31)13-15-23)41(38,39)25-6-2-1-3-7-25/h1-18H,19-20H2,(H,33,37)(H,34,36)/b32-18-. The Morgan fingerprint density at radius 3 is 2.22 bits per heavy atom. The molecule has 2 amide bonds. The first-order valence-corrected chi connectivity index (χ1v) is 15.0. The number of sulfonamides is 1. The maximum Gasteiger partial charge on any atom is 0.264 e. The zero-order chi connectivity index (χ0) is 29.2. The topological polar surface area (TPSA) is 117 Å². The van der Waals surface area contributed by atoms with E-state index in [2.05, 4.69) is 38.4 Å². The van der Waals surface area contributed by atoms with Gasteiger partial charge >= 0.3 is 0 Å². The minimum atomic E-state index is -4.01. The first-order valence-electron chi connectivity index (χ1n) is 12.1. The molecule has 0 spiro atoms. The summed E-state index contributed by atoms with van der Waals surface area (Å²) in [5.74, 6) is -0.524. The molecule has 0 unspecified atom stereocenters. The Morgan fingerprint density at radius 2 is 1.54 bits per heavy atom. The van der Waals surface area contributed by atoms with Gasteiger partial charge < -0.3 is 10.1 Å². The van der Waals surface area contributed by atoms with E-state index in [4.69, 9.17) is 16.3 Å². The van der Waals surface area contributed by atoms with E-state index in [9.17, 15) is 18.0 Å². The van der Waals surface area contributed by atoms with Crippen molar-refractivity contribution in [3.05, 3.63) is 117 Å². The molecule has 0 aliphatic carbocycles. The van der Waals surface area contributed by atoms with Crippen molar-refractivity contribution in [1.29, 1.82) is 0 Å². The van der Waals surface area contributed by atoms with Gasteiger partial charge in [0.05, 0.1) is 27.5 Å². The number of hydrogen-bond donors (Lipinski definition) is 2. The smallest absolute Gasteiger partial charge is 0.264 e. The Hall–Kier alpha value is -3.94. The number of hydrogen-bond acceptors (Lipinski definition) is 6. The van der Waals surface area contributed by atoms with Gasteiger partial charge in [0.1, 0.15) is 12.3 Å². The Labute approximate surface area is 256 Å². The molecule has 0 radical (unpaired) electrons. The molecule has 0 aliphatic heterocycles. The lowest BCUT2D eigenvalue weighted by molar-refractivity contribution is -0.119. The fourth-order valence-electron chi connectivity index (χ4n) is 3.53. The second-order valence-corrected chi connectivity index (χ2v) is 12.0. The van der Waals surface area contributed by atoms with E-state index in [1.807, 2.05) is 0 Å².